The molecule has 0 fully saturated rings. The fourth-order valence-corrected chi connectivity index (χ4v) is 4.99. The maximum atomic E-state index is 12.3. The number of benzene rings is 2. The van der Waals surface area contributed by atoms with Gasteiger partial charge in [-0.25, -0.2) is 13.6 Å². The van der Waals surface area contributed by atoms with E-state index in [2.05, 4.69) is 10.3 Å². The molecule has 1 amide bonds. The van der Waals surface area contributed by atoms with E-state index in [4.69, 9.17) is 17.4 Å². The molecular weight excluding hydrogens is 468 g/mol. The van der Waals surface area contributed by atoms with Crippen molar-refractivity contribution in [3.8, 4) is 5.88 Å². The summed E-state index contributed by atoms with van der Waals surface area (Å²) in [5, 5.41) is 18.4. The molecule has 0 bridgehead atoms. The van der Waals surface area contributed by atoms with Gasteiger partial charge >= 0.3 is 0 Å². The average molecular weight is 487 g/mol. The smallest absolute Gasteiger partial charge is 0.238 e. The number of hydrogen-bond donors (Lipinski definition) is 3. The van der Waals surface area contributed by atoms with Crippen molar-refractivity contribution in [3.05, 3.63) is 62.9 Å². The molecule has 0 atom stereocenters. The maximum absolute atomic E-state index is 12.3. The van der Waals surface area contributed by atoms with E-state index in [0.29, 0.717) is 14.5 Å². The normalized spacial score (nSPS) is 14.0. The van der Waals surface area contributed by atoms with Crippen molar-refractivity contribution in [1.82, 2.24) is 4.57 Å². The number of aromatic hydroxyl groups is 1. The minimum atomic E-state index is -3.79. The number of nitrogens with two attached hydrogens (primary N) is 1. The maximum Gasteiger partial charge on any atom is 0.238 e. The Morgan fingerprint density at radius 3 is 2.66 bits per heavy atom. The molecule has 2 aromatic carbocycles. The number of aromatic nitrogens is 1. The standard InChI is InChI=1S/C21H18N4O4S3/c22-32(28,29)15-7-5-14(6-8-15)24-19(26)9-10-25-20(27)18(31-21(25)30)11-13-12-23-17-4-2-1-3-16(13)17/h1-8,11-12,27H,9-10H2,(H,24,26)(H2,22,28,29)/b13-11+. The van der Waals surface area contributed by atoms with Crippen molar-refractivity contribution < 1.29 is 18.3 Å². The lowest BCUT2D eigenvalue weighted by atomic mass is 10.1. The Balaban J connectivity index is 1.44. The number of anilines is 1. The van der Waals surface area contributed by atoms with Crippen molar-refractivity contribution in [3.63, 3.8) is 0 Å². The molecule has 0 aliphatic carbocycles. The third kappa shape index (κ3) is 4.70. The Labute approximate surface area is 193 Å². The van der Waals surface area contributed by atoms with E-state index < -0.39 is 10.0 Å². The number of carbonyl (C=O) groups is 1. The summed E-state index contributed by atoms with van der Waals surface area (Å²) in [6, 6.07) is 13.3. The summed E-state index contributed by atoms with van der Waals surface area (Å²) < 4.78 is 24.6. The van der Waals surface area contributed by atoms with Gasteiger partial charge in [-0.15, -0.1) is 11.3 Å². The molecule has 0 radical (unpaired) electrons. The van der Waals surface area contributed by atoms with Gasteiger partial charge in [0.1, 0.15) is 0 Å². The minimum absolute atomic E-state index is 0.00409. The summed E-state index contributed by atoms with van der Waals surface area (Å²) in [4.78, 5) is 17.2. The number of nitrogens with one attached hydrogen (secondary N) is 1. The number of primary sulfonamides is 1. The zero-order valence-electron chi connectivity index (χ0n) is 16.6. The summed E-state index contributed by atoms with van der Waals surface area (Å²) in [6.07, 6.45) is 3.64. The predicted octanol–water partition coefficient (Wildman–Crippen LogP) is 3.92. The van der Waals surface area contributed by atoms with Gasteiger partial charge in [0.15, 0.2) is 3.95 Å². The zero-order valence-corrected chi connectivity index (χ0v) is 19.0. The highest BCUT2D eigenvalue weighted by atomic mass is 32.2. The van der Waals surface area contributed by atoms with Gasteiger partial charge in [0.05, 0.1) is 15.5 Å². The molecule has 164 valence electrons. The Kier molecular flexibility index (Phi) is 6.07. The van der Waals surface area contributed by atoms with Gasteiger partial charge in [0.2, 0.25) is 21.8 Å². The molecule has 0 saturated heterocycles. The molecule has 0 unspecified atom stereocenters. The number of nitrogens with zero attached hydrogens (tertiary/aromatic N) is 2. The number of rotatable bonds is 6. The lowest BCUT2D eigenvalue weighted by Crippen LogP contribution is -2.15. The van der Waals surface area contributed by atoms with Crippen LogP contribution in [0.4, 0.5) is 11.4 Å². The molecule has 3 aromatic rings. The number of sulfonamides is 1. The second-order valence-electron chi connectivity index (χ2n) is 6.95. The zero-order chi connectivity index (χ0) is 22.9. The van der Waals surface area contributed by atoms with Crippen LogP contribution in [0.5, 0.6) is 5.88 Å². The Morgan fingerprint density at radius 2 is 1.94 bits per heavy atom. The monoisotopic (exact) mass is 486 g/mol. The van der Waals surface area contributed by atoms with Crippen molar-refractivity contribution in [1.29, 1.82) is 0 Å². The number of fused-ring (bicyclic) bond motifs is 1. The number of amides is 1. The molecule has 4 rings (SSSR count). The van der Waals surface area contributed by atoms with E-state index in [9.17, 15) is 18.3 Å². The first kappa shape index (κ1) is 22.1. The fraction of sp³-hybridized carbons (Fsp3) is 0.0952. The Hall–Kier alpha value is -3.12. The molecule has 1 aromatic heterocycles. The van der Waals surface area contributed by atoms with Crippen LogP contribution in [0.15, 0.2) is 58.4 Å². The van der Waals surface area contributed by atoms with Gasteiger partial charge in [-0.2, -0.15) is 0 Å². The van der Waals surface area contributed by atoms with E-state index in [1.165, 1.54) is 40.2 Å². The molecule has 0 saturated carbocycles. The quantitative estimate of drug-likeness (QED) is 0.455. The molecule has 1 aliphatic heterocycles. The molecule has 11 heteroatoms. The number of aliphatic imine (C=N–C) groups is 1. The Bertz CT molecular complexity index is 1420. The van der Waals surface area contributed by atoms with Gasteiger partial charge in [-0.05, 0) is 48.6 Å². The van der Waals surface area contributed by atoms with E-state index in [0.717, 1.165) is 16.8 Å². The van der Waals surface area contributed by atoms with Crippen LogP contribution >= 0.6 is 23.6 Å². The van der Waals surface area contributed by atoms with Gasteiger partial charge < -0.3 is 10.4 Å². The molecule has 1 aliphatic rings. The van der Waals surface area contributed by atoms with Crippen molar-refractivity contribution in [2.24, 2.45) is 10.1 Å². The van der Waals surface area contributed by atoms with Crippen LogP contribution < -0.4 is 10.5 Å². The number of thiazole rings is 1. The van der Waals surface area contributed by atoms with Crippen LogP contribution in [0, 0.1) is 3.95 Å². The first-order valence-electron chi connectivity index (χ1n) is 9.43. The van der Waals surface area contributed by atoms with Crippen LogP contribution in [0.2, 0.25) is 0 Å². The van der Waals surface area contributed by atoms with Gasteiger partial charge in [-0.1, -0.05) is 18.2 Å². The van der Waals surface area contributed by atoms with Crippen LogP contribution in [0.3, 0.4) is 0 Å². The number of carbonyl (C=O) groups excluding carboxylic acids is 1. The lowest BCUT2D eigenvalue weighted by molar-refractivity contribution is -0.116. The first-order chi connectivity index (χ1) is 15.2. The summed E-state index contributed by atoms with van der Waals surface area (Å²) in [6.45, 7) is 0.191. The number of para-hydroxylation sites is 1. The van der Waals surface area contributed by atoms with Gasteiger partial charge in [-0.3, -0.25) is 14.4 Å². The SMILES string of the molecule is NS(=O)(=O)c1ccc(NC(=O)CCn2c(O)c(/C=C3\C=Nc4ccccc43)sc2=S)cc1. The molecule has 2 heterocycles. The Morgan fingerprint density at radius 1 is 1.22 bits per heavy atom. The van der Waals surface area contributed by atoms with Crippen LogP contribution in [-0.2, 0) is 21.4 Å². The van der Waals surface area contributed by atoms with E-state index in [-0.39, 0.29) is 29.6 Å². The van der Waals surface area contributed by atoms with Gasteiger partial charge in [0.25, 0.3) is 0 Å². The highest BCUT2D eigenvalue weighted by Crippen LogP contribution is 2.35. The molecule has 32 heavy (non-hydrogen) atoms. The largest absolute Gasteiger partial charge is 0.493 e. The average Bonchev–Trinajstić information content (AvgIpc) is 3.27. The number of hydrogen-bond acceptors (Lipinski definition) is 7. The summed E-state index contributed by atoms with van der Waals surface area (Å²) in [5.41, 5.74) is 3.16. The number of allylic oxidation sites excluding steroid dienone is 1. The van der Waals surface area contributed by atoms with E-state index >= 15 is 0 Å². The third-order valence-corrected chi connectivity index (χ3v) is 7.08. The van der Waals surface area contributed by atoms with Crippen molar-refractivity contribution in [2.75, 3.05) is 5.32 Å². The summed E-state index contributed by atoms with van der Waals surface area (Å²) >= 11 is 6.62. The molecular formula is C21H18N4O4S3. The second kappa shape index (κ2) is 8.79. The molecule has 8 nitrogen and oxygen atoms in total. The highest BCUT2D eigenvalue weighted by molar-refractivity contribution is 7.89. The lowest BCUT2D eigenvalue weighted by Gasteiger charge is -2.07. The summed E-state index contributed by atoms with van der Waals surface area (Å²) in [7, 11) is -3.79. The molecule has 4 N–H and O–H groups in total. The first-order valence-corrected chi connectivity index (χ1v) is 12.2. The minimum Gasteiger partial charge on any atom is -0.493 e. The molecule has 0 spiro atoms. The van der Waals surface area contributed by atoms with Gasteiger partial charge in [0, 0.05) is 36.0 Å². The van der Waals surface area contributed by atoms with E-state index in [1.807, 2.05) is 30.3 Å². The second-order valence-corrected chi connectivity index (χ2v) is 10.2. The van der Waals surface area contributed by atoms with Crippen molar-refractivity contribution >= 4 is 68.7 Å². The third-order valence-electron chi connectivity index (χ3n) is 4.77. The van der Waals surface area contributed by atoms with Crippen LogP contribution in [0.25, 0.3) is 11.6 Å². The van der Waals surface area contributed by atoms with E-state index in [1.54, 1.807) is 6.21 Å². The highest BCUT2D eigenvalue weighted by Gasteiger charge is 2.16. The van der Waals surface area contributed by atoms with Crippen LogP contribution in [-0.4, -0.2) is 30.2 Å². The summed E-state index contributed by atoms with van der Waals surface area (Å²) in [5.74, 6) is -0.312. The van der Waals surface area contributed by atoms with Crippen molar-refractivity contribution in [2.45, 2.75) is 17.9 Å². The van der Waals surface area contributed by atoms with Crippen LogP contribution in [0.1, 0.15) is 16.9 Å². The topological polar surface area (TPSA) is 127 Å². The predicted molar refractivity (Wildman–Crippen MR) is 128 cm³/mol. The fourth-order valence-electron chi connectivity index (χ4n) is 3.17.